The Kier molecular flexibility index (Phi) is 6.98. The van der Waals surface area contributed by atoms with E-state index in [-0.39, 0.29) is 10.8 Å². The number of nitrogens with zero attached hydrogens (tertiary/aromatic N) is 2. The lowest BCUT2D eigenvalue weighted by molar-refractivity contribution is 0.661. The highest BCUT2D eigenvalue weighted by atomic mass is 14.9. The van der Waals surface area contributed by atoms with Gasteiger partial charge in [-0.1, -0.05) is 173 Å². The lowest BCUT2D eigenvalue weighted by Gasteiger charge is -2.22. The summed E-state index contributed by atoms with van der Waals surface area (Å²) in [6.07, 6.45) is 0. The van der Waals surface area contributed by atoms with Gasteiger partial charge in [-0.2, -0.15) is 0 Å². The molecule has 0 saturated heterocycles. The van der Waals surface area contributed by atoms with Crippen LogP contribution in [0.2, 0.25) is 0 Å². The van der Waals surface area contributed by atoms with Crippen molar-refractivity contribution < 1.29 is 0 Å². The molecule has 1 aromatic heterocycles. The maximum absolute atomic E-state index is 5.30. The minimum atomic E-state index is -0.137. The van der Waals surface area contributed by atoms with Crippen LogP contribution in [0, 0.1) is 0 Å². The number of rotatable bonds is 4. The van der Waals surface area contributed by atoms with Crippen molar-refractivity contribution in [2.24, 2.45) is 0 Å². The van der Waals surface area contributed by atoms with Crippen LogP contribution in [0.15, 0.2) is 170 Å². The van der Waals surface area contributed by atoms with Gasteiger partial charge in [-0.3, -0.25) is 0 Å². The van der Waals surface area contributed by atoms with Crippen molar-refractivity contribution in [1.82, 2.24) is 9.97 Å². The van der Waals surface area contributed by atoms with Crippen molar-refractivity contribution in [3.05, 3.63) is 192 Å². The molecule has 0 unspecified atom stereocenters. The third kappa shape index (κ3) is 4.82. The van der Waals surface area contributed by atoms with Crippen molar-refractivity contribution >= 4 is 21.5 Å². The van der Waals surface area contributed by atoms with Gasteiger partial charge in [-0.05, 0) is 101 Å². The van der Waals surface area contributed by atoms with Crippen LogP contribution in [0.5, 0.6) is 0 Å². The summed E-state index contributed by atoms with van der Waals surface area (Å²) in [5.74, 6) is 0.726. The van der Waals surface area contributed by atoms with Crippen molar-refractivity contribution in [2.75, 3.05) is 0 Å². The molecule has 2 aliphatic rings. The predicted octanol–water partition coefficient (Wildman–Crippen LogP) is 14.1. The van der Waals surface area contributed by atoms with E-state index >= 15 is 0 Å². The largest absolute Gasteiger partial charge is 0.228 e. The van der Waals surface area contributed by atoms with E-state index in [1.54, 1.807) is 0 Å². The summed E-state index contributed by atoms with van der Waals surface area (Å²) in [6.45, 7) is 9.42. The Labute approximate surface area is 328 Å². The first-order chi connectivity index (χ1) is 27.3. The van der Waals surface area contributed by atoms with Crippen molar-refractivity contribution in [3.63, 3.8) is 0 Å². The molecule has 9 aromatic rings. The first-order valence-electron chi connectivity index (χ1n) is 19.7. The maximum atomic E-state index is 5.30. The number of fused-ring (bicyclic) bond motifs is 9. The molecule has 0 spiro atoms. The first-order valence-corrected chi connectivity index (χ1v) is 19.7. The van der Waals surface area contributed by atoms with E-state index in [0.717, 1.165) is 33.9 Å². The molecule has 0 aliphatic heterocycles. The molecule has 56 heavy (non-hydrogen) atoms. The maximum Gasteiger partial charge on any atom is 0.160 e. The van der Waals surface area contributed by atoms with Gasteiger partial charge in [0.2, 0.25) is 0 Å². The molecule has 2 nitrogen and oxygen atoms in total. The lowest BCUT2D eigenvalue weighted by Crippen LogP contribution is -2.15. The minimum absolute atomic E-state index is 0.0870. The zero-order valence-electron chi connectivity index (χ0n) is 32.1. The number of benzene rings is 8. The summed E-state index contributed by atoms with van der Waals surface area (Å²) in [6, 6.07) is 62.0. The Morgan fingerprint density at radius 3 is 1.75 bits per heavy atom. The topological polar surface area (TPSA) is 25.8 Å². The predicted molar refractivity (Wildman–Crippen MR) is 234 cm³/mol. The van der Waals surface area contributed by atoms with Crippen molar-refractivity contribution in [1.29, 1.82) is 0 Å². The molecule has 11 rings (SSSR count). The second-order valence-corrected chi connectivity index (χ2v) is 16.6. The number of hydrogen-bond acceptors (Lipinski definition) is 2. The fourth-order valence-electron chi connectivity index (χ4n) is 9.66. The fourth-order valence-corrected chi connectivity index (χ4v) is 9.66. The summed E-state index contributed by atoms with van der Waals surface area (Å²) in [5.41, 5.74) is 18.0. The summed E-state index contributed by atoms with van der Waals surface area (Å²) < 4.78 is 0. The average molecular weight is 717 g/mol. The van der Waals surface area contributed by atoms with Gasteiger partial charge < -0.3 is 0 Å². The molecule has 266 valence electrons. The number of aromatic nitrogens is 2. The summed E-state index contributed by atoms with van der Waals surface area (Å²) >= 11 is 0. The van der Waals surface area contributed by atoms with Gasteiger partial charge in [0.25, 0.3) is 0 Å². The average Bonchev–Trinajstić information content (AvgIpc) is 3.61. The molecule has 8 aromatic carbocycles. The highest BCUT2D eigenvalue weighted by Crippen LogP contribution is 2.54. The second-order valence-electron chi connectivity index (χ2n) is 16.6. The highest BCUT2D eigenvalue weighted by Gasteiger charge is 2.38. The third-order valence-electron chi connectivity index (χ3n) is 12.7. The third-order valence-corrected chi connectivity index (χ3v) is 12.7. The molecule has 0 N–H and O–H groups in total. The highest BCUT2D eigenvalue weighted by molar-refractivity contribution is 6.03. The van der Waals surface area contributed by atoms with Gasteiger partial charge in [-0.15, -0.1) is 0 Å². The molecule has 1 heterocycles. The SMILES string of the molecule is CC1(C)c2cc3ccccc3cc2-c2c(-c3cc(-c4ccc(-c5ccc6c(c5)C(C)(C)c5ccc7ccccc7c5-6)cc4)nc(-c4ccccc4)n3)cccc21. The Hall–Kier alpha value is -6.64. The number of hydrogen-bond donors (Lipinski definition) is 0. The van der Waals surface area contributed by atoms with Gasteiger partial charge in [0, 0.05) is 27.5 Å². The molecular weight excluding hydrogens is 677 g/mol. The normalized spacial score (nSPS) is 14.4. The lowest BCUT2D eigenvalue weighted by atomic mass is 9.81. The standard InChI is InChI=1S/C54H40N2/c1-53(2)44-20-12-19-42(51(44)43-29-37-16-8-9-17-38(37)30-47(43)53)49-32-48(55-52(56-49)36-14-6-5-7-15-36)35-23-21-33(22-24-35)39-25-27-41-46(31-39)54(3,4)45-28-26-34-13-10-11-18-40(34)50(41)45/h5-32H,1-4H3. The molecule has 0 radical (unpaired) electrons. The Bertz CT molecular complexity index is 3060. The summed E-state index contributed by atoms with van der Waals surface area (Å²) in [5, 5.41) is 5.14. The van der Waals surface area contributed by atoms with E-state index in [9.17, 15) is 0 Å². The molecule has 0 bridgehead atoms. The van der Waals surface area contributed by atoms with Crippen LogP contribution in [-0.4, -0.2) is 9.97 Å². The van der Waals surface area contributed by atoms with Gasteiger partial charge in [-0.25, -0.2) is 9.97 Å². The minimum Gasteiger partial charge on any atom is -0.228 e. The second kappa shape index (κ2) is 11.9. The van der Waals surface area contributed by atoms with E-state index in [2.05, 4.69) is 191 Å². The summed E-state index contributed by atoms with van der Waals surface area (Å²) in [4.78, 5) is 10.5. The Morgan fingerprint density at radius 1 is 0.339 bits per heavy atom. The zero-order chi connectivity index (χ0) is 37.8. The molecule has 2 aliphatic carbocycles. The van der Waals surface area contributed by atoms with E-state index in [0.29, 0.717) is 0 Å². The molecule has 0 fully saturated rings. The monoisotopic (exact) mass is 716 g/mol. The van der Waals surface area contributed by atoms with E-state index in [1.165, 1.54) is 77.2 Å². The van der Waals surface area contributed by atoms with Crippen LogP contribution in [-0.2, 0) is 10.8 Å². The Balaban J connectivity index is 1.02. The summed E-state index contributed by atoms with van der Waals surface area (Å²) in [7, 11) is 0. The van der Waals surface area contributed by atoms with Gasteiger partial charge in [0.15, 0.2) is 5.82 Å². The Morgan fingerprint density at radius 2 is 0.964 bits per heavy atom. The van der Waals surface area contributed by atoms with Gasteiger partial charge >= 0.3 is 0 Å². The molecular formula is C54H40N2. The molecule has 2 heteroatoms. The quantitative estimate of drug-likeness (QED) is 0.181. The smallest absolute Gasteiger partial charge is 0.160 e. The van der Waals surface area contributed by atoms with Crippen molar-refractivity contribution in [3.8, 4) is 67.3 Å². The van der Waals surface area contributed by atoms with Crippen LogP contribution in [0.4, 0.5) is 0 Å². The van der Waals surface area contributed by atoms with Crippen LogP contribution < -0.4 is 0 Å². The zero-order valence-corrected chi connectivity index (χ0v) is 32.1. The van der Waals surface area contributed by atoms with Gasteiger partial charge in [0.05, 0.1) is 11.4 Å². The van der Waals surface area contributed by atoms with Gasteiger partial charge in [0.1, 0.15) is 0 Å². The van der Waals surface area contributed by atoms with Crippen LogP contribution in [0.25, 0.3) is 88.8 Å². The van der Waals surface area contributed by atoms with Crippen LogP contribution in [0.3, 0.4) is 0 Å². The molecule has 0 atom stereocenters. The van der Waals surface area contributed by atoms with Crippen molar-refractivity contribution in [2.45, 2.75) is 38.5 Å². The molecule has 0 amide bonds. The van der Waals surface area contributed by atoms with E-state index in [4.69, 9.17) is 9.97 Å². The molecule has 0 saturated carbocycles. The first kappa shape index (κ1) is 32.8. The fraction of sp³-hybridized carbons (Fsp3) is 0.111. The van der Waals surface area contributed by atoms with E-state index in [1.807, 2.05) is 6.07 Å². The van der Waals surface area contributed by atoms with Crippen LogP contribution in [0.1, 0.15) is 49.9 Å². The van der Waals surface area contributed by atoms with E-state index < -0.39 is 0 Å². The van der Waals surface area contributed by atoms with Crippen LogP contribution >= 0.6 is 0 Å².